The molecule has 0 atom stereocenters. The molecule has 0 saturated heterocycles. The van der Waals surface area contributed by atoms with Gasteiger partial charge in [-0.05, 0) is 48.5 Å². The van der Waals surface area contributed by atoms with E-state index in [4.69, 9.17) is 14.2 Å². The van der Waals surface area contributed by atoms with Crippen LogP contribution in [-0.2, 0) is 4.79 Å². The van der Waals surface area contributed by atoms with Crippen LogP contribution in [0.5, 0.6) is 17.2 Å². The van der Waals surface area contributed by atoms with Gasteiger partial charge in [0.1, 0.15) is 12.4 Å². The van der Waals surface area contributed by atoms with Gasteiger partial charge in [0, 0.05) is 23.6 Å². The Kier molecular flexibility index (Phi) is 8.18. The molecular formula is C25H25N5O4S. The van der Waals surface area contributed by atoms with Gasteiger partial charge in [0.15, 0.2) is 22.5 Å². The smallest absolute Gasteiger partial charge is 0.230 e. The lowest BCUT2D eigenvalue weighted by atomic mass is 10.2. The molecule has 0 radical (unpaired) electrons. The summed E-state index contributed by atoms with van der Waals surface area (Å²) >= 11 is 1.31. The second-order valence-electron chi connectivity index (χ2n) is 7.21. The monoisotopic (exact) mass is 491 g/mol. The van der Waals surface area contributed by atoms with Crippen LogP contribution in [0.3, 0.4) is 0 Å². The fourth-order valence-electron chi connectivity index (χ4n) is 3.29. The molecule has 0 aliphatic rings. The fraction of sp³-hybridized carbons (Fsp3) is 0.200. The lowest BCUT2D eigenvalue weighted by molar-refractivity contribution is -0.118. The molecular weight excluding hydrogens is 466 g/mol. The Hall–Kier alpha value is -4.05. The van der Waals surface area contributed by atoms with E-state index in [-0.39, 0.29) is 11.7 Å². The average Bonchev–Trinajstić information content (AvgIpc) is 3.34. The Morgan fingerprint density at radius 1 is 0.943 bits per heavy atom. The van der Waals surface area contributed by atoms with Crippen LogP contribution in [0.1, 0.15) is 0 Å². The number of ether oxygens (including phenoxy) is 3. The van der Waals surface area contributed by atoms with Crippen LogP contribution in [0, 0.1) is 0 Å². The molecule has 4 rings (SSSR count). The zero-order valence-corrected chi connectivity index (χ0v) is 20.2. The molecule has 2 heterocycles. The Balaban J connectivity index is 1.40. The van der Waals surface area contributed by atoms with Gasteiger partial charge in [-0.1, -0.05) is 23.9 Å². The summed E-state index contributed by atoms with van der Waals surface area (Å²) in [6.07, 6.45) is 3.41. The average molecular weight is 492 g/mol. The van der Waals surface area contributed by atoms with Gasteiger partial charge in [0.05, 0.1) is 26.5 Å². The van der Waals surface area contributed by atoms with Crippen LogP contribution in [0.15, 0.2) is 78.2 Å². The number of pyridine rings is 1. The van der Waals surface area contributed by atoms with Gasteiger partial charge in [-0.2, -0.15) is 0 Å². The molecule has 2 aromatic carbocycles. The molecule has 1 amide bonds. The largest absolute Gasteiger partial charge is 0.497 e. The van der Waals surface area contributed by atoms with Crippen molar-refractivity contribution in [3.8, 4) is 34.3 Å². The number of rotatable bonds is 11. The van der Waals surface area contributed by atoms with Crippen molar-refractivity contribution in [1.29, 1.82) is 0 Å². The van der Waals surface area contributed by atoms with Crippen LogP contribution in [-0.4, -0.2) is 58.8 Å². The number of aromatic nitrogens is 4. The highest BCUT2D eigenvalue weighted by molar-refractivity contribution is 7.99. The minimum Gasteiger partial charge on any atom is -0.497 e. The number of methoxy groups -OCH3 is 2. The molecule has 0 saturated carbocycles. The van der Waals surface area contributed by atoms with Crippen molar-refractivity contribution < 1.29 is 19.0 Å². The van der Waals surface area contributed by atoms with Gasteiger partial charge in [0.2, 0.25) is 5.91 Å². The number of nitrogens with one attached hydrogen (secondary N) is 1. The van der Waals surface area contributed by atoms with Crippen molar-refractivity contribution in [2.45, 2.75) is 5.16 Å². The van der Waals surface area contributed by atoms with Crippen LogP contribution < -0.4 is 19.5 Å². The maximum Gasteiger partial charge on any atom is 0.230 e. The highest BCUT2D eigenvalue weighted by Gasteiger charge is 2.17. The summed E-state index contributed by atoms with van der Waals surface area (Å²) in [5.41, 5.74) is 1.73. The third-order valence-corrected chi connectivity index (χ3v) is 5.91. The minimum atomic E-state index is -0.131. The number of amides is 1. The number of carbonyl (C=O) groups excluding carboxylic acids is 1. The van der Waals surface area contributed by atoms with Crippen molar-refractivity contribution in [2.24, 2.45) is 0 Å². The molecule has 0 fully saturated rings. The lowest BCUT2D eigenvalue weighted by Gasteiger charge is -2.12. The molecule has 4 aromatic rings. The van der Waals surface area contributed by atoms with Crippen LogP contribution in [0.4, 0.5) is 0 Å². The Morgan fingerprint density at radius 3 is 2.40 bits per heavy atom. The van der Waals surface area contributed by atoms with Crippen LogP contribution in [0.2, 0.25) is 0 Å². The zero-order chi connectivity index (χ0) is 24.5. The number of nitrogens with zero attached hydrogens (tertiary/aromatic N) is 4. The Labute approximate surface area is 207 Å². The zero-order valence-electron chi connectivity index (χ0n) is 19.4. The number of benzene rings is 2. The summed E-state index contributed by atoms with van der Waals surface area (Å²) in [5, 5.41) is 12.2. The summed E-state index contributed by atoms with van der Waals surface area (Å²) < 4.78 is 18.2. The first-order valence-electron chi connectivity index (χ1n) is 10.8. The molecule has 0 spiro atoms. The van der Waals surface area contributed by atoms with Crippen molar-refractivity contribution >= 4 is 17.7 Å². The third-order valence-electron chi connectivity index (χ3n) is 4.99. The first-order chi connectivity index (χ1) is 17.2. The van der Waals surface area contributed by atoms with E-state index >= 15 is 0 Å². The maximum absolute atomic E-state index is 12.5. The molecule has 9 nitrogen and oxygen atoms in total. The number of carbonyl (C=O) groups is 1. The second-order valence-corrected chi connectivity index (χ2v) is 8.16. The van der Waals surface area contributed by atoms with E-state index in [9.17, 15) is 4.79 Å². The van der Waals surface area contributed by atoms with Crippen LogP contribution in [0.25, 0.3) is 17.1 Å². The highest BCUT2D eigenvalue weighted by Crippen LogP contribution is 2.29. The third kappa shape index (κ3) is 6.10. The second kappa shape index (κ2) is 11.9. The summed E-state index contributed by atoms with van der Waals surface area (Å²) in [6.45, 7) is 0.690. The molecule has 35 heavy (non-hydrogen) atoms. The quantitative estimate of drug-likeness (QED) is 0.251. The summed E-state index contributed by atoms with van der Waals surface area (Å²) in [4.78, 5) is 16.5. The minimum absolute atomic E-state index is 0.131. The highest BCUT2D eigenvalue weighted by atomic mass is 32.2. The van der Waals surface area contributed by atoms with E-state index in [0.29, 0.717) is 35.6 Å². The van der Waals surface area contributed by atoms with Gasteiger partial charge in [-0.15, -0.1) is 10.2 Å². The lowest BCUT2D eigenvalue weighted by Crippen LogP contribution is -2.29. The molecule has 0 unspecified atom stereocenters. The molecule has 0 bridgehead atoms. The molecule has 0 aliphatic carbocycles. The van der Waals surface area contributed by atoms with Gasteiger partial charge < -0.3 is 19.5 Å². The van der Waals surface area contributed by atoms with E-state index in [0.717, 1.165) is 17.0 Å². The van der Waals surface area contributed by atoms with E-state index in [1.54, 1.807) is 26.6 Å². The summed E-state index contributed by atoms with van der Waals surface area (Å²) in [5.74, 6) is 2.74. The van der Waals surface area contributed by atoms with Gasteiger partial charge in [0.25, 0.3) is 0 Å². The van der Waals surface area contributed by atoms with Gasteiger partial charge in [-0.25, -0.2) is 0 Å². The van der Waals surface area contributed by atoms with Crippen molar-refractivity contribution in [3.05, 3.63) is 73.1 Å². The number of para-hydroxylation sites is 2. The Morgan fingerprint density at radius 2 is 1.69 bits per heavy atom. The molecule has 0 aliphatic heterocycles. The van der Waals surface area contributed by atoms with E-state index in [1.165, 1.54) is 11.8 Å². The van der Waals surface area contributed by atoms with Crippen molar-refractivity contribution in [2.75, 3.05) is 33.1 Å². The molecule has 10 heteroatoms. The predicted octanol–water partition coefficient (Wildman–Crippen LogP) is 3.63. The summed E-state index contributed by atoms with van der Waals surface area (Å²) in [6, 6.07) is 18.7. The fourth-order valence-corrected chi connectivity index (χ4v) is 4.07. The van der Waals surface area contributed by atoms with E-state index in [2.05, 4.69) is 20.5 Å². The predicted molar refractivity (Wildman–Crippen MR) is 133 cm³/mol. The first-order valence-corrected chi connectivity index (χ1v) is 11.8. The van der Waals surface area contributed by atoms with Gasteiger partial charge in [-0.3, -0.25) is 14.3 Å². The van der Waals surface area contributed by atoms with E-state index in [1.807, 2.05) is 65.2 Å². The van der Waals surface area contributed by atoms with E-state index < -0.39 is 0 Å². The normalized spacial score (nSPS) is 10.6. The topological polar surface area (TPSA) is 100 Å². The first kappa shape index (κ1) is 24.1. The number of thioether (sulfide) groups is 1. The molecule has 1 N–H and O–H groups in total. The van der Waals surface area contributed by atoms with Crippen LogP contribution >= 0.6 is 11.8 Å². The SMILES string of the molecule is COc1ccc(-n2c(SCC(=O)NCCOc3ccccc3OC)nnc2-c2ccncc2)cc1. The standard InChI is InChI=1S/C25H25N5O4S/c1-32-20-9-7-19(8-10-20)30-24(18-11-13-26-14-12-18)28-29-25(30)35-17-23(31)27-15-16-34-22-6-4-3-5-21(22)33-2/h3-14H,15-17H2,1-2H3,(H,27,31). The number of hydrogen-bond donors (Lipinski definition) is 1. The van der Waals surface area contributed by atoms with Crippen molar-refractivity contribution in [3.63, 3.8) is 0 Å². The van der Waals surface area contributed by atoms with Gasteiger partial charge >= 0.3 is 0 Å². The molecule has 180 valence electrons. The molecule has 2 aromatic heterocycles. The van der Waals surface area contributed by atoms with Crippen molar-refractivity contribution in [1.82, 2.24) is 25.1 Å². The maximum atomic E-state index is 12.5. The Bertz CT molecular complexity index is 1250. The number of hydrogen-bond acceptors (Lipinski definition) is 8. The summed E-state index contributed by atoms with van der Waals surface area (Å²) in [7, 11) is 3.21.